The van der Waals surface area contributed by atoms with E-state index >= 15 is 0 Å². The van der Waals surface area contributed by atoms with Crippen LogP contribution in [0.3, 0.4) is 0 Å². The Bertz CT molecular complexity index is 1380. The molecule has 306 valence electrons. The summed E-state index contributed by atoms with van der Waals surface area (Å²) in [6.07, 6.45) is 0.947. The molecule has 0 spiro atoms. The van der Waals surface area contributed by atoms with Gasteiger partial charge in [0, 0.05) is 24.3 Å². The molecule has 0 aromatic heterocycles. The van der Waals surface area contributed by atoms with Crippen LogP contribution in [0.15, 0.2) is 11.6 Å². The number of rotatable bonds is 7. The Morgan fingerprint density at radius 3 is 2.15 bits per heavy atom. The zero-order valence-electron chi connectivity index (χ0n) is 32.3. The highest BCUT2D eigenvalue weighted by Crippen LogP contribution is 2.70. The number of aliphatic hydroxyl groups is 5. The number of hydrogen-bond donors (Lipinski definition) is 5. The molecule has 8 rings (SSSR count). The van der Waals surface area contributed by atoms with Crippen molar-refractivity contribution in [1.29, 1.82) is 0 Å². The summed E-state index contributed by atoms with van der Waals surface area (Å²) < 4.78 is 47.1. The molecule has 4 aliphatic carbocycles. The SMILES string of the molecule is C[C@H]1O[C@@H](O[C@@H]2[C@@H](C)O[C@@H](O[C@H]3[C@@H](O)C[C@H](O[C@H]4CC[C@@]5(C)[C@H](CCC6[C@@H]5CC[C@]5(C)[C@@H](C7=CC(=O)OC7)CC[C@]65O)C4)O[C@@H]3C)O[C@@H]2O)C[C@H](O)[C@@H]1O. The molecule has 0 amide bonds. The number of carbonyl (C=O) groups is 1. The van der Waals surface area contributed by atoms with Crippen LogP contribution in [0, 0.1) is 34.5 Å². The maximum absolute atomic E-state index is 12.6. The van der Waals surface area contributed by atoms with Crippen molar-refractivity contribution < 1.29 is 68.2 Å². The van der Waals surface area contributed by atoms with E-state index < -0.39 is 79.8 Å². The van der Waals surface area contributed by atoms with E-state index in [0.717, 1.165) is 63.4 Å². The van der Waals surface area contributed by atoms with Crippen LogP contribution in [0.25, 0.3) is 0 Å². The van der Waals surface area contributed by atoms with Gasteiger partial charge in [0.25, 0.3) is 6.48 Å². The maximum atomic E-state index is 12.6. The number of cyclic esters (lactones) is 1. The van der Waals surface area contributed by atoms with Crippen LogP contribution in [0.2, 0.25) is 0 Å². The highest BCUT2D eigenvalue weighted by Gasteiger charge is 2.68. The minimum absolute atomic E-state index is 0.000382. The van der Waals surface area contributed by atoms with Gasteiger partial charge in [0.2, 0.25) is 0 Å². The largest absolute Gasteiger partial charge is 0.458 e. The summed E-state index contributed by atoms with van der Waals surface area (Å²) in [5, 5.41) is 54.6. The summed E-state index contributed by atoms with van der Waals surface area (Å²) in [5.41, 5.74) is 0.178. The Morgan fingerprint density at radius 1 is 0.722 bits per heavy atom. The van der Waals surface area contributed by atoms with E-state index in [-0.39, 0.29) is 47.6 Å². The lowest BCUT2D eigenvalue weighted by atomic mass is 9.43. The van der Waals surface area contributed by atoms with Crippen molar-refractivity contribution >= 4 is 5.97 Å². The van der Waals surface area contributed by atoms with Crippen LogP contribution < -0.4 is 0 Å². The lowest BCUT2D eigenvalue weighted by Gasteiger charge is -2.64. The molecule has 0 aromatic rings. The maximum Gasteiger partial charge on any atom is 0.331 e. The molecular weight excluding hydrogens is 704 g/mol. The molecule has 3 saturated heterocycles. The van der Waals surface area contributed by atoms with E-state index in [2.05, 4.69) is 13.8 Å². The third kappa shape index (κ3) is 6.81. The van der Waals surface area contributed by atoms with Gasteiger partial charge in [-0.3, -0.25) is 4.74 Å². The Morgan fingerprint density at radius 2 is 1.44 bits per heavy atom. The average molecular weight is 767 g/mol. The second-order valence-corrected chi connectivity index (χ2v) is 18.3. The third-order valence-corrected chi connectivity index (χ3v) is 15.5. The number of fused-ring (bicyclic) bond motifs is 5. The fourth-order valence-electron chi connectivity index (χ4n) is 12.4. The van der Waals surface area contributed by atoms with Crippen molar-refractivity contribution in [1.82, 2.24) is 0 Å². The normalized spacial score (nSPS) is 55.0. The fraction of sp³-hybridized carbons (Fsp3) is 0.925. The summed E-state index contributed by atoms with van der Waals surface area (Å²) in [5.74, 6) is 1.08. The highest BCUT2D eigenvalue weighted by molar-refractivity contribution is 5.85. The monoisotopic (exact) mass is 766 g/mol. The molecule has 0 radical (unpaired) electrons. The summed E-state index contributed by atoms with van der Waals surface area (Å²) >= 11 is 0. The molecule has 14 heteroatoms. The van der Waals surface area contributed by atoms with E-state index in [1.54, 1.807) is 19.9 Å². The van der Waals surface area contributed by atoms with Gasteiger partial charge in [0.15, 0.2) is 18.9 Å². The molecule has 54 heavy (non-hydrogen) atoms. The Labute approximate surface area is 317 Å². The van der Waals surface area contributed by atoms with E-state index in [1.165, 1.54) is 0 Å². The molecule has 0 bridgehead atoms. The molecular formula is C40H62O14. The van der Waals surface area contributed by atoms with Crippen LogP contribution in [-0.4, -0.2) is 124 Å². The van der Waals surface area contributed by atoms with E-state index in [1.807, 2.05) is 6.92 Å². The Kier molecular flexibility index (Phi) is 10.9. The molecule has 4 saturated carbocycles. The Hall–Kier alpha value is -1.27. The van der Waals surface area contributed by atoms with E-state index in [9.17, 15) is 30.3 Å². The van der Waals surface area contributed by atoms with Gasteiger partial charge in [-0.05, 0) is 113 Å². The molecule has 4 aliphatic heterocycles. The second kappa shape index (κ2) is 14.8. The minimum Gasteiger partial charge on any atom is -0.458 e. The zero-order valence-corrected chi connectivity index (χ0v) is 32.3. The van der Waals surface area contributed by atoms with Crippen molar-refractivity contribution in [2.75, 3.05) is 6.61 Å². The number of esters is 1. The van der Waals surface area contributed by atoms with Gasteiger partial charge in [-0.25, -0.2) is 4.79 Å². The van der Waals surface area contributed by atoms with Crippen LogP contribution >= 0.6 is 0 Å². The zero-order chi connectivity index (χ0) is 38.3. The quantitative estimate of drug-likeness (QED) is 0.188. The van der Waals surface area contributed by atoms with Gasteiger partial charge in [0.1, 0.15) is 24.9 Å². The molecule has 5 N–H and O–H groups in total. The van der Waals surface area contributed by atoms with Crippen LogP contribution in [0.1, 0.15) is 105 Å². The van der Waals surface area contributed by atoms with Crippen LogP contribution in [0.4, 0.5) is 0 Å². The van der Waals surface area contributed by atoms with Gasteiger partial charge in [-0.15, -0.1) is 0 Å². The molecule has 8 aliphatic rings. The molecule has 20 atom stereocenters. The molecule has 1 unspecified atom stereocenters. The molecule has 7 fully saturated rings. The fourth-order valence-corrected chi connectivity index (χ4v) is 12.4. The van der Waals surface area contributed by atoms with Gasteiger partial charge in [0.05, 0.1) is 42.2 Å². The van der Waals surface area contributed by atoms with Gasteiger partial charge >= 0.3 is 5.97 Å². The molecule has 0 aromatic carbocycles. The van der Waals surface area contributed by atoms with Crippen molar-refractivity contribution in [3.63, 3.8) is 0 Å². The first-order chi connectivity index (χ1) is 25.6. The summed E-state index contributed by atoms with van der Waals surface area (Å²) in [4.78, 5) is 11.9. The average Bonchev–Trinajstić information content (AvgIpc) is 3.66. The number of hydrogen-bond acceptors (Lipinski definition) is 14. The summed E-state index contributed by atoms with van der Waals surface area (Å²) in [6.45, 7) is 8.91. The predicted octanol–water partition coefficient (Wildman–Crippen LogP) is 2.79. The van der Waals surface area contributed by atoms with Gasteiger partial charge < -0.3 is 58.7 Å². The first-order valence-electron chi connectivity index (χ1n) is 20.5. The first kappa shape index (κ1) is 39.6. The standard InChI is InChI=1S/C40H62O14/c1-19-33(44)28(41)16-32(48-19)52-35-21(3)50-37(54-36(35)45)53-34-20(2)49-31(17-29(34)42)51-24-8-11-38(4)23(15-24)6-7-27-26(38)9-12-39(5)25(10-13-40(27,39)46)22-14-30(43)47-18-22/h14,19-21,23-29,31-37,41-42,44-46H,6-13,15-18H2,1-5H3/t19-,20-,21-,23-,24+,25-,26+,27?,28+,29+,31+,32+,33-,34-,35-,36+,37+,38+,39-,40+/m1/s1. The van der Waals surface area contributed by atoms with Crippen molar-refractivity contribution in [2.45, 2.75) is 191 Å². The third-order valence-electron chi connectivity index (χ3n) is 15.5. The first-order valence-corrected chi connectivity index (χ1v) is 20.5. The topological polar surface area (TPSA) is 192 Å². The van der Waals surface area contributed by atoms with E-state index in [4.69, 9.17) is 37.9 Å². The minimum atomic E-state index is -1.44. The summed E-state index contributed by atoms with van der Waals surface area (Å²) in [6, 6.07) is 0. The Balaban J connectivity index is 0.826. The lowest BCUT2D eigenvalue weighted by molar-refractivity contribution is -0.437. The predicted molar refractivity (Wildman–Crippen MR) is 188 cm³/mol. The lowest BCUT2D eigenvalue weighted by Crippen LogP contribution is -2.62. The van der Waals surface area contributed by atoms with Crippen molar-refractivity contribution in [3.05, 3.63) is 11.6 Å². The number of carbonyl (C=O) groups excluding carboxylic acids is 1. The van der Waals surface area contributed by atoms with E-state index in [0.29, 0.717) is 18.4 Å². The van der Waals surface area contributed by atoms with Gasteiger partial charge in [-0.2, -0.15) is 0 Å². The molecule has 4 heterocycles. The van der Waals surface area contributed by atoms with Gasteiger partial charge in [-0.1, -0.05) is 13.8 Å². The second-order valence-electron chi connectivity index (χ2n) is 18.3. The van der Waals surface area contributed by atoms with Crippen molar-refractivity contribution in [3.8, 4) is 0 Å². The highest BCUT2D eigenvalue weighted by atomic mass is 16.9. The molecule has 14 nitrogen and oxygen atoms in total. The number of aliphatic hydroxyl groups excluding tert-OH is 4. The van der Waals surface area contributed by atoms with Crippen LogP contribution in [0.5, 0.6) is 0 Å². The van der Waals surface area contributed by atoms with Crippen LogP contribution in [-0.2, 0) is 42.7 Å². The van der Waals surface area contributed by atoms with Crippen molar-refractivity contribution in [2.24, 2.45) is 34.5 Å². The summed E-state index contributed by atoms with van der Waals surface area (Å²) in [7, 11) is 0. The number of ether oxygens (including phenoxy) is 8. The smallest absolute Gasteiger partial charge is 0.331 e.